The zero-order valence-electron chi connectivity index (χ0n) is 10.8. The van der Waals surface area contributed by atoms with Crippen molar-refractivity contribution in [3.05, 3.63) is 34.4 Å². The van der Waals surface area contributed by atoms with Gasteiger partial charge in [0.05, 0.1) is 6.20 Å². The number of thiophene rings is 1. The van der Waals surface area contributed by atoms with E-state index in [4.69, 9.17) is 0 Å². The molecule has 19 heavy (non-hydrogen) atoms. The summed E-state index contributed by atoms with van der Waals surface area (Å²) in [5, 5.41) is 10.2. The molecule has 0 aliphatic carbocycles. The maximum Gasteiger partial charge on any atom is 0.224 e. The first-order valence-corrected chi connectivity index (χ1v) is 7.25. The molecule has 0 spiro atoms. The molecule has 2 N–H and O–H groups in total. The van der Waals surface area contributed by atoms with Crippen LogP contribution in [-0.2, 0) is 6.42 Å². The van der Waals surface area contributed by atoms with E-state index in [0.29, 0.717) is 12.5 Å². The second-order valence-electron chi connectivity index (χ2n) is 4.13. The Hall–Kier alpha value is -1.69. The predicted molar refractivity (Wildman–Crippen MR) is 77.3 cm³/mol. The Morgan fingerprint density at radius 2 is 2.21 bits per heavy atom. The molecule has 0 amide bonds. The molecular weight excluding hydrogens is 263 g/mol. The highest BCUT2D eigenvalue weighted by Gasteiger charge is 2.06. The van der Waals surface area contributed by atoms with E-state index < -0.39 is 5.82 Å². The van der Waals surface area contributed by atoms with Gasteiger partial charge in [0.1, 0.15) is 0 Å². The molecule has 2 aromatic rings. The molecule has 2 aromatic heterocycles. The summed E-state index contributed by atoms with van der Waals surface area (Å²) in [5.41, 5.74) is 1.25. The monoisotopic (exact) mass is 280 g/mol. The van der Waals surface area contributed by atoms with Gasteiger partial charge in [0, 0.05) is 13.1 Å². The van der Waals surface area contributed by atoms with Crippen LogP contribution >= 0.6 is 11.3 Å². The van der Waals surface area contributed by atoms with E-state index in [0.717, 1.165) is 19.4 Å². The standard InChI is InChI=1S/C13H17FN4S/c1-2-5-16-13-17-8-11(14)12(18-13)15-6-3-10-4-7-19-9-10/h4,7-9H,2-3,5-6H2,1H3,(H2,15,16,17,18). The molecule has 0 aliphatic heterocycles. The van der Waals surface area contributed by atoms with Crippen LogP contribution in [0.3, 0.4) is 0 Å². The SMILES string of the molecule is CCCNc1ncc(F)c(NCCc2ccsc2)n1. The van der Waals surface area contributed by atoms with E-state index in [2.05, 4.69) is 39.0 Å². The van der Waals surface area contributed by atoms with Crippen molar-refractivity contribution in [3.8, 4) is 0 Å². The summed E-state index contributed by atoms with van der Waals surface area (Å²) in [6.45, 7) is 3.48. The molecule has 102 valence electrons. The minimum atomic E-state index is -0.424. The summed E-state index contributed by atoms with van der Waals surface area (Å²) in [6.07, 6.45) is 3.02. The van der Waals surface area contributed by atoms with E-state index in [-0.39, 0.29) is 5.82 Å². The third-order valence-electron chi connectivity index (χ3n) is 2.56. The van der Waals surface area contributed by atoms with Crippen LogP contribution in [-0.4, -0.2) is 23.1 Å². The molecule has 0 bridgehead atoms. The third-order valence-corrected chi connectivity index (χ3v) is 3.30. The molecule has 4 nitrogen and oxygen atoms in total. The molecule has 0 atom stereocenters. The van der Waals surface area contributed by atoms with Crippen LogP contribution in [0.4, 0.5) is 16.2 Å². The molecule has 0 aliphatic rings. The van der Waals surface area contributed by atoms with Crippen LogP contribution in [0.1, 0.15) is 18.9 Å². The fourth-order valence-electron chi connectivity index (χ4n) is 1.57. The van der Waals surface area contributed by atoms with Crippen LogP contribution in [0.15, 0.2) is 23.0 Å². The molecule has 6 heteroatoms. The number of hydrogen-bond acceptors (Lipinski definition) is 5. The van der Waals surface area contributed by atoms with Gasteiger partial charge in [0.2, 0.25) is 5.95 Å². The van der Waals surface area contributed by atoms with Crippen LogP contribution in [0.25, 0.3) is 0 Å². The summed E-state index contributed by atoms with van der Waals surface area (Å²) in [6, 6.07) is 2.07. The topological polar surface area (TPSA) is 49.8 Å². The number of rotatable bonds is 7. The van der Waals surface area contributed by atoms with E-state index in [1.807, 2.05) is 5.38 Å². The number of hydrogen-bond donors (Lipinski definition) is 2. The molecule has 0 saturated heterocycles. The number of nitrogens with one attached hydrogen (secondary N) is 2. The third kappa shape index (κ3) is 4.17. The average Bonchev–Trinajstić information content (AvgIpc) is 2.92. The number of halogens is 1. The zero-order chi connectivity index (χ0) is 13.5. The minimum Gasteiger partial charge on any atom is -0.367 e. The molecule has 0 aromatic carbocycles. The summed E-state index contributed by atoms with van der Waals surface area (Å²) in [7, 11) is 0. The van der Waals surface area contributed by atoms with Crippen molar-refractivity contribution in [2.45, 2.75) is 19.8 Å². The summed E-state index contributed by atoms with van der Waals surface area (Å²) >= 11 is 1.66. The quantitative estimate of drug-likeness (QED) is 0.818. The second-order valence-corrected chi connectivity index (χ2v) is 4.91. The Bertz CT molecular complexity index is 501. The van der Waals surface area contributed by atoms with Crippen molar-refractivity contribution in [2.24, 2.45) is 0 Å². The van der Waals surface area contributed by atoms with Crippen LogP contribution in [0.2, 0.25) is 0 Å². The highest BCUT2D eigenvalue weighted by Crippen LogP contribution is 2.12. The molecule has 0 radical (unpaired) electrons. The van der Waals surface area contributed by atoms with Crippen molar-refractivity contribution in [1.82, 2.24) is 9.97 Å². The van der Waals surface area contributed by atoms with Gasteiger partial charge in [-0.2, -0.15) is 16.3 Å². The first-order chi connectivity index (χ1) is 9.29. The number of aromatic nitrogens is 2. The van der Waals surface area contributed by atoms with Gasteiger partial charge in [0.15, 0.2) is 11.6 Å². The lowest BCUT2D eigenvalue weighted by molar-refractivity contribution is 0.617. The Morgan fingerprint density at radius 3 is 2.95 bits per heavy atom. The van der Waals surface area contributed by atoms with Crippen molar-refractivity contribution >= 4 is 23.1 Å². The van der Waals surface area contributed by atoms with E-state index >= 15 is 0 Å². The van der Waals surface area contributed by atoms with Crippen LogP contribution in [0, 0.1) is 5.82 Å². The Balaban J connectivity index is 1.90. The highest BCUT2D eigenvalue weighted by atomic mass is 32.1. The molecule has 0 saturated carbocycles. The second kappa shape index (κ2) is 7.04. The first-order valence-electron chi connectivity index (χ1n) is 6.31. The molecule has 2 heterocycles. The Morgan fingerprint density at radius 1 is 1.32 bits per heavy atom. The van der Waals surface area contributed by atoms with Gasteiger partial charge >= 0.3 is 0 Å². The van der Waals surface area contributed by atoms with Crippen LogP contribution < -0.4 is 10.6 Å². The number of nitrogens with zero attached hydrogens (tertiary/aromatic N) is 2. The van der Waals surface area contributed by atoms with Gasteiger partial charge < -0.3 is 10.6 Å². The van der Waals surface area contributed by atoms with Crippen molar-refractivity contribution in [2.75, 3.05) is 23.7 Å². The molecule has 0 fully saturated rings. The van der Waals surface area contributed by atoms with Crippen molar-refractivity contribution in [3.63, 3.8) is 0 Å². The van der Waals surface area contributed by atoms with Gasteiger partial charge in [-0.25, -0.2) is 9.37 Å². The lowest BCUT2D eigenvalue weighted by Gasteiger charge is -2.08. The van der Waals surface area contributed by atoms with Crippen molar-refractivity contribution < 1.29 is 4.39 Å². The average molecular weight is 280 g/mol. The number of anilines is 2. The smallest absolute Gasteiger partial charge is 0.224 e. The predicted octanol–water partition coefficient (Wildman–Crippen LogP) is 3.15. The van der Waals surface area contributed by atoms with Crippen molar-refractivity contribution in [1.29, 1.82) is 0 Å². The lowest BCUT2D eigenvalue weighted by atomic mass is 10.2. The van der Waals surface area contributed by atoms with Gasteiger partial charge in [0.25, 0.3) is 0 Å². The highest BCUT2D eigenvalue weighted by molar-refractivity contribution is 7.07. The first kappa shape index (κ1) is 13.7. The fourth-order valence-corrected chi connectivity index (χ4v) is 2.28. The molecule has 2 rings (SSSR count). The molecule has 0 unspecified atom stereocenters. The minimum absolute atomic E-state index is 0.254. The fraction of sp³-hybridized carbons (Fsp3) is 0.385. The van der Waals surface area contributed by atoms with Gasteiger partial charge in [-0.15, -0.1) is 0 Å². The maximum atomic E-state index is 13.5. The van der Waals surface area contributed by atoms with Gasteiger partial charge in [-0.05, 0) is 35.2 Å². The van der Waals surface area contributed by atoms with E-state index in [9.17, 15) is 4.39 Å². The maximum absolute atomic E-state index is 13.5. The van der Waals surface area contributed by atoms with E-state index in [1.54, 1.807) is 11.3 Å². The Kier molecular flexibility index (Phi) is 5.09. The molecular formula is C13H17FN4S. The summed E-state index contributed by atoms with van der Waals surface area (Å²) in [4.78, 5) is 8.02. The Labute approximate surface area is 116 Å². The van der Waals surface area contributed by atoms with Crippen LogP contribution in [0.5, 0.6) is 0 Å². The van der Waals surface area contributed by atoms with Gasteiger partial charge in [-0.3, -0.25) is 0 Å². The zero-order valence-corrected chi connectivity index (χ0v) is 11.6. The van der Waals surface area contributed by atoms with Gasteiger partial charge in [-0.1, -0.05) is 6.92 Å². The summed E-state index contributed by atoms with van der Waals surface area (Å²) < 4.78 is 13.5. The normalized spacial score (nSPS) is 10.4. The lowest BCUT2D eigenvalue weighted by Crippen LogP contribution is -2.11. The largest absolute Gasteiger partial charge is 0.367 e. The van der Waals surface area contributed by atoms with E-state index in [1.165, 1.54) is 11.8 Å². The summed E-state index contributed by atoms with van der Waals surface area (Å²) in [5.74, 6) is 0.289.